The lowest BCUT2D eigenvalue weighted by atomic mass is 10.1. The average molecular weight is 413 g/mol. The summed E-state index contributed by atoms with van der Waals surface area (Å²) in [6.45, 7) is 4.56. The minimum Gasteiger partial charge on any atom is -0.341 e. The fourth-order valence-corrected chi connectivity index (χ4v) is 5.43. The number of likely N-dealkylation sites (tertiary alicyclic amines) is 1. The standard InChI is InChI=1S/C21H24N4OS2/c1-2-25-19(17-12-9-15-27-17)22-23-21(25)28-18(16-10-5-3-6-11-16)20(26)24-13-7-4-8-14-24/h3,5-6,9-12,15,18H,2,4,7-8,13-14H2,1H3/t18-/m1/s1. The molecule has 28 heavy (non-hydrogen) atoms. The van der Waals surface area contributed by atoms with Gasteiger partial charge in [0.25, 0.3) is 0 Å². The number of rotatable bonds is 6. The van der Waals surface area contributed by atoms with Gasteiger partial charge in [-0.1, -0.05) is 48.2 Å². The molecular formula is C21H24N4OS2. The molecule has 1 saturated heterocycles. The molecule has 146 valence electrons. The highest BCUT2D eigenvalue weighted by Gasteiger charge is 2.30. The quantitative estimate of drug-likeness (QED) is 0.542. The maximum atomic E-state index is 13.4. The molecule has 7 heteroatoms. The number of thiophene rings is 1. The molecule has 4 rings (SSSR count). The van der Waals surface area contributed by atoms with Crippen LogP contribution >= 0.6 is 23.1 Å². The number of hydrogen-bond acceptors (Lipinski definition) is 5. The third-order valence-electron chi connectivity index (χ3n) is 4.99. The zero-order valence-electron chi connectivity index (χ0n) is 16.0. The summed E-state index contributed by atoms with van der Waals surface area (Å²) in [4.78, 5) is 16.5. The zero-order chi connectivity index (χ0) is 19.3. The van der Waals surface area contributed by atoms with Crippen LogP contribution in [-0.4, -0.2) is 38.7 Å². The lowest BCUT2D eigenvalue weighted by Gasteiger charge is -2.30. The number of benzene rings is 1. The highest BCUT2D eigenvalue weighted by molar-refractivity contribution is 8.00. The third-order valence-corrected chi connectivity index (χ3v) is 7.08. The number of carbonyl (C=O) groups is 1. The van der Waals surface area contributed by atoms with Gasteiger partial charge in [-0.2, -0.15) is 0 Å². The van der Waals surface area contributed by atoms with Crippen LogP contribution in [0.25, 0.3) is 10.7 Å². The van der Waals surface area contributed by atoms with Gasteiger partial charge >= 0.3 is 0 Å². The highest BCUT2D eigenvalue weighted by atomic mass is 32.2. The third kappa shape index (κ3) is 4.00. The van der Waals surface area contributed by atoms with Gasteiger partial charge in [0.15, 0.2) is 11.0 Å². The van der Waals surface area contributed by atoms with E-state index in [0.717, 1.165) is 53.9 Å². The van der Waals surface area contributed by atoms with Gasteiger partial charge in [-0.3, -0.25) is 4.79 Å². The molecule has 5 nitrogen and oxygen atoms in total. The number of piperidine rings is 1. The number of thioether (sulfide) groups is 1. The molecule has 1 aliphatic heterocycles. The largest absolute Gasteiger partial charge is 0.341 e. The van der Waals surface area contributed by atoms with Crippen molar-refractivity contribution in [2.45, 2.75) is 43.1 Å². The predicted molar refractivity (Wildman–Crippen MR) is 114 cm³/mol. The topological polar surface area (TPSA) is 51.0 Å². The van der Waals surface area contributed by atoms with Crippen molar-refractivity contribution in [2.75, 3.05) is 13.1 Å². The molecule has 0 spiro atoms. The molecule has 1 fully saturated rings. The normalized spacial score (nSPS) is 15.5. The minimum absolute atomic E-state index is 0.180. The Bertz CT molecular complexity index is 902. The molecule has 0 radical (unpaired) electrons. The van der Waals surface area contributed by atoms with Crippen molar-refractivity contribution in [3.8, 4) is 10.7 Å². The Morgan fingerprint density at radius 2 is 1.89 bits per heavy atom. The van der Waals surface area contributed by atoms with Crippen LogP contribution in [0.5, 0.6) is 0 Å². The van der Waals surface area contributed by atoms with Crippen LogP contribution in [-0.2, 0) is 11.3 Å². The van der Waals surface area contributed by atoms with Crippen molar-refractivity contribution < 1.29 is 4.79 Å². The van der Waals surface area contributed by atoms with Gasteiger partial charge in [0, 0.05) is 19.6 Å². The molecule has 3 aromatic rings. The van der Waals surface area contributed by atoms with E-state index in [2.05, 4.69) is 27.8 Å². The molecule has 0 N–H and O–H groups in total. The summed E-state index contributed by atoms with van der Waals surface area (Å²) in [5, 5.41) is 11.4. The van der Waals surface area contributed by atoms with Gasteiger partial charge in [0.05, 0.1) is 4.88 Å². The van der Waals surface area contributed by atoms with Crippen LogP contribution in [0.3, 0.4) is 0 Å². The van der Waals surface area contributed by atoms with Crippen LogP contribution in [0, 0.1) is 0 Å². The molecule has 1 aliphatic rings. The van der Waals surface area contributed by atoms with Gasteiger partial charge in [-0.25, -0.2) is 0 Å². The predicted octanol–water partition coefficient (Wildman–Crippen LogP) is 4.87. The zero-order valence-corrected chi connectivity index (χ0v) is 17.6. The number of nitrogens with zero attached hydrogens (tertiary/aromatic N) is 4. The van der Waals surface area contributed by atoms with Crippen LogP contribution in [0.15, 0.2) is 53.0 Å². The van der Waals surface area contributed by atoms with E-state index in [1.807, 2.05) is 46.7 Å². The molecule has 0 bridgehead atoms. The Hall–Kier alpha value is -2.12. The van der Waals surface area contributed by atoms with E-state index in [-0.39, 0.29) is 11.2 Å². The molecule has 0 saturated carbocycles. The van der Waals surface area contributed by atoms with Crippen LogP contribution in [0.2, 0.25) is 0 Å². The minimum atomic E-state index is -0.301. The second-order valence-corrected chi connectivity index (χ2v) is 8.84. The Kier molecular flexibility index (Phi) is 6.12. The monoisotopic (exact) mass is 412 g/mol. The van der Waals surface area contributed by atoms with Gasteiger partial charge in [0.1, 0.15) is 5.25 Å². The van der Waals surface area contributed by atoms with E-state index in [1.54, 1.807) is 11.3 Å². The first-order chi connectivity index (χ1) is 13.8. The smallest absolute Gasteiger partial charge is 0.240 e. The van der Waals surface area contributed by atoms with E-state index < -0.39 is 0 Å². The molecule has 0 aliphatic carbocycles. The number of carbonyl (C=O) groups excluding carboxylic acids is 1. The molecule has 1 atom stereocenters. The van der Waals surface area contributed by atoms with Crippen molar-refractivity contribution in [1.82, 2.24) is 19.7 Å². The highest BCUT2D eigenvalue weighted by Crippen LogP contribution is 2.38. The first kappa shape index (κ1) is 19.2. The van der Waals surface area contributed by atoms with E-state index in [9.17, 15) is 4.79 Å². The van der Waals surface area contributed by atoms with Gasteiger partial charge < -0.3 is 9.47 Å². The van der Waals surface area contributed by atoms with E-state index in [4.69, 9.17) is 0 Å². The molecule has 1 amide bonds. The maximum absolute atomic E-state index is 13.4. The maximum Gasteiger partial charge on any atom is 0.240 e. The van der Waals surface area contributed by atoms with Crippen molar-refractivity contribution in [2.24, 2.45) is 0 Å². The van der Waals surface area contributed by atoms with Crippen molar-refractivity contribution in [3.63, 3.8) is 0 Å². The van der Waals surface area contributed by atoms with Crippen molar-refractivity contribution in [3.05, 3.63) is 53.4 Å². The summed E-state index contributed by atoms with van der Waals surface area (Å²) in [7, 11) is 0. The summed E-state index contributed by atoms with van der Waals surface area (Å²) in [6, 6.07) is 14.1. The van der Waals surface area contributed by atoms with Crippen LogP contribution in [0.4, 0.5) is 0 Å². The number of hydrogen-bond donors (Lipinski definition) is 0. The summed E-state index contributed by atoms with van der Waals surface area (Å²) in [6.07, 6.45) is 3.39. The SMILES string of the molecule is CCn1c(S[C@@H](C(=O)N2CCCCC2)c2ccccc2)nnc1-c1cccs1. The Labute approximate surface area is 173 Å². The molecule has 0 unspecified atom stereocenters. The average Bonchev–Trinajstić information content (AvgIpc) is 3.42. The van der Waals surface area contributed by atoms with E-state index >= 15 is 0 Å². The summed E-state index contributed by atoms with van der Waals surface area (Å²) >= 11 is 3.17. The number of aromatic nitrogens is 3. The molecule has 3 heterocycles. The van der Waals surface area contributed by atoms with Crippen molar-refractivity contribution in [1.29, 1.82) is 0 Å². The lowest BCUT2D eigenvalue weighted by molar-refractivity contribution is -0.131. The second-order valence-electron chi connectivity index (χ2n) is 6.82. The van der Waals surface area contributed by atoms with Gasteiger partial charge in [-0.15, -0.1) is 21.5 Å². The molecular weight excluding hydrogens is 388 g/mol. The van der Waals surface area contributed by atoms with E-state index in [0.29, 0.717) is 0 Å². The number of amides is 1. The van der Waals surface area contributed by atoms with E-state index in [1.165, 1.54) is 18.2 Å². The van der Waals surface area contributed by atoms with Crippen LogP contribution < -0.4 is 0 Å². The Morgan fingerprint density at radius 3 is 2.57 bits per heavy atom. The first-order valence-electron chi connectivity index (χ1n) is 9.75. The van der Waals surface area contributed by atoms with Crippen LogP contribution in [0.1, 0.15) is 37.0 Å². The fourth-order valence-electron chi connectivity index (χ4n) is 3.52. The molecule has 1 aromatic carbocycles. The summed E-state index contributed by atoms with van der Waals surface area (Å²) in [5.41, 5.74) is 1.02. The second kappa shape index (κ2) is 8.92. The van der Waals surface area contributed by atoms with Gasteiger partial charge in [-0.05, 0) is 43.2 Å². The first-order valence-corrected chi connectivity index (χ1v) is 11.5. The Morgan fingerprint density at radius 1 is 1.11 bits per heavy atom. The fraction of sp³-hybridized carbons (Fsp3) is 0.381. The van der Waals surface area contributed by atoms with Gasteiger partial charge in [0.2, 0.25) is 5.91 Å². The lowest BCUT2D eigenvalue weighted by Crippen LogP contribution is -2.38. The van der Waals surface area contributed by atoms with Crippen molar-refractivity contribution >= 4 is 29.0 Å². The summed E-state index contributed by atoms with van der Waals surface area (Å²) < 4.78 is 2.11. The molecule has 2 aromatic heterocycles. The Balaban J connectivity index is 1.65. The summed E-state index contributed by atoms with van der Waals surface area (Å²) in [5.74, 6) is 1.05.